The van der Waals surface area contributed by atoms with E-state index >= 15 is 0 Å². The fraction of sp³-hybridized carbons (Fsp3) is 0.160. The van der Waals surface area contributed by atoms with Crippen molar-refractivity contribution in [3.63, 3.8) is 0 Å². The second-order valence-corrected chi connectivity index (χ2v) is 7.34. The van der Waals surface area contributed by atoms with Crippen LogP contribution in [0.3, 0.4) is 0 Å². The minimum Gasteiger partial charge on any atom is -0.465 e. The molecular weight excluding hydrogens is 388 g/mol. The van der Waals surface area contributed by atoms with E-state index in [9.17, 15) is 10.1 Å². The van der Waals surface area contributed by atoms with E-state index in [1.165, 1.54) is 7.11 Å². The molecule has 0 bridgehead atoms. The average Bonchev–Trinajstić information content (AvgIpc) is 3.32. The number of hydrogen-bond donors (Lipinski definition) is 0. The second kappa shape index (κ2) is 8.33. The van der Waals surface area contributed by atoms with Crippen molar-refractivity contribution in [2.75, 3.05) is 7.11 Å². The molecule has 4 rings (SSSR count). The Hall–Kier alpha value is -4.11. The molecule has 6 nitrogen and oxygen atoms in total. The highest BCUT2D eigenvalue weighted by Crippen LogP contribution is 2.24. The van der Waals surface area contributed by atoms with Crippen molar-refractivity contribution in [1.29, 1.82) is 5.26 Å². The van der Waals surface area contributed by atoms with E-state index in [0.29, 0.717) is 17.7 Å². The van der Waals surface area contributed by atoms with Crippen LogP contribution in [0, 0.1) is 25.2 Å². The topological polar surface area (TPSA) is 72.8 Å². The predicted molar refractivity (Wildman–Crippen MR) is 120 cm³/mol. The lowest BCUT2D eigenvalue weighted by molar-refractivity contribution is 0.0600. The molecule has 154 valence electrons. The molecule has 0 atom stereocenters. The predicted octanol–water partition coefficient (Wildman–Crippen LogP) is 4.84. The quantitative estimate of drug-likeness (QED) is 0.349. The van der Waals surface area contributed by atoms with E-state index in [1.54, 1.807) is 18.5 Å². The molecule has 31 heavy (non-hydrogen) atoms. The normalized spacial score (nSPS) is 11.5. The first-order valence-electron chi connectivity index (χ1n) is 9.90. The summed E-state index contributed by atoms with van der Waals surface area (Å²) in [7, 11) is 1.37. The van der Waals surface area contributed by atoms with Gasteiger partial charge in [0.25, 0.3) is 0 Å². The Kier molecular flexibility index (Phi) is 5.42. The van der Waals surface area contributed by atoms with Gasteiger partial charge in [-0.15, -0.1) is 0 Å². The number of carbonyl (C=O) groups is 1. The highest BCUT2D eigenvalue weighted by molar-refractivity contribution is 5.89. The number of para-hydroxylation sites is 2. The number of nitriles is 1. The van der Waals surface area contributed by atoms with Gasteiger partial charge in [-0.3, -0.25) is 0 Å². The van der Waals surface area contributed by atoms with Gasteiger partial charge >= 0.3 is 5.97 Å². The molecule has 0 radical (unpaired) electrons. The van der Waals surface area contributed by atoms with Crippen LogP contribution in [0.5, 0.6) is 0 Å². The fourth-order valence-corrected chi connectivity index (χ4v) is 3.82. The van der Waals surface area contributed by atoms with Gasteiger partial charge in [0.2, 0.25) is 0 Å². The molecule has 0 N–H and O–H groups in total. The van der Waals surface area contributed by atoms with Crippen LogP contribution in [-0.2, 0) is 11.3 Å². The van der Waals surface area contributed by atoms with Crippen LogP contribution in [0.15, 0.2) is 66.5 Å². The van der Waals surface area contributed by atoms with E-state index in [4.69, 9.17) is 4.74 Å². The Morgan fingerprint density at radius 3 is 2.61 bits per heavy atom. The molecule has 2 aromatic carbocycles. The molecule has 0 aliphatic heterocycles. The molecule has 0 fully saturated rings. The van der Waals surface area contributed by atoms with Crippen molar-refractivity contribution in [2.45, 2.75) is 20.4 Å². The number of imidazole rings is 1. The van der Waals surface area contributed by atoms with Crippen molar-refractivity contribution in [1.82, 2.24) is 14.1 Å². The van der Waals surface area contributed by atoms with Gasteiger partial charge in [0.05, 0.1) is 42.6 Å². The van der Waals surface area contributed by atoms with Gasteiger partial charge in [0.15, 0.2) is 0 Å². The standard InChI is InChI=1S/C25H22N4O2/c1-17-12-21(18(2)29(17)22-10-8-20(9-11-22)25(30)31-3)13-19(14-26)15-28-16-27-23-6-4-5-7-24(23)28/h4-13,16H,15H2,1-3H3/b19-13-. The minimum atomic E-state index is -0.359. The van der Waals surface area contributed by atoms with E-state index in [2.05, 4.69) is 21.7 Å². The van der Waals surface area contributed by atoms with Gasteiger partial charge < -0.3 is 13.9 Å². The summed E-state index contributed by atoms with van der Waals surface area (Å²) in [5.74, 6) is -0.359. The lowest BCUT2D eigenvalue weighted by Gasteiger charge is -2.10. The third-order valence-corrected chi connectivity index (χ3v) is 5.36. The van der Waals surface area contributed by atoms with Crippen molar-refractivity contribution in [3.8, 4) is 11.8 Å². The third kappa shape index (κ3) is 3.86. The first-order valence-corrected chi connectivity index (χ1v) is 9.90. The Balaban J connectivity index is 1.66. The summed E-state index contributed by atoms with van der Waals surface area (Å²) in [5, 5.41) is 9.75. The van der Waals surface area contributed by atoms with E-state index in [-0.39, 0.29) is 5.97 Å². The summed E-state index contributed by atoms with van der Waals surface area (Å²) >= 11 is 0. The van der Waals surface area contributed by atoms with E-state index in [0.717, 1.165) is 33.7 Å². The van der Waals surface area contributed by atoms with Gasteiger partial charge in [-0.25, -0.2) is 9.78 Å². The number of carbonyl (C=O) groups excluding carboxylic acids is 1. The highest BCUT2D eigenvalue weighted by atomic mass is 16.5. The maximum Gasteiger partial charge on any atom is 0.337 e. The average molecular weight is 410 g/mol. The lowest BCUT2D eigenvalue weighted by Crippen LogP contribution is -2.03. The van der Waals surface area contributed by atoms with E-state index in [1.807, 2.05) is 60.9 Å². The molecule has 0 saturated carbocycles. The number of nitrogens with zero attached hydrogens (tertiary/aromatic N) is 4. The van der Waals surface area contributed by atoms with Gasteiger partial charge in [-0.1, -0.05) is 12.1 Å². The van der Waals surface area contributed by atoms with E-state index < -0.39 is 0 Å². The molecule has 6 heteroatoms. The summed E-state index contributed by atoms with van der Waals surface area (Å²) in [5.41, 5.74) is 7.05. The molecule has 4 aromatic rings. The summed E-state index contributed by atoms with van der Waals surface area (Å²) in [6, 6.07) is 19.6. The Morgan fingerprint density at radius 2 is 1.90 bits per heavy atom. The number of ether oxygens (including phenoxy) is 1. The molecule has 0 spiro atoms. The molecule has 0 saturated heterocycles. The molecule has 0 amide bonds. The Bertz CT molecular complexity index is 1330. The highest BCUT2D eigenvalue weighted by Gasteiger charge is 2.12. The van der Waals surface area contributed by atoms with Crippen molar-refractivity contribution in [2.24, 2.45) is 0 Å². The zero-order chi connectivity index (χ0) is 22.0. The summed E-state index contributed by atoms with van der Waals surface area (Å²) < 4.78 is 8.86. The number of fused-ring (bicyclic) bond motifs is 1. The number of methoxy groups -OCH3 is 1. The SMILES string of the molecule is COC(=O)c1ccc(-n2c(C)cc(/C=C(/C#N)Cn3cnc4ccccc43)c2C)cc1. The molecule has 2 aromatic heterocycles. The Labute approximate surface area is 180 Å². The second-order valence-electron chi connectivity index (χ2n) is 7.34. The molecular formula is C25H22N4O2. The van der Waals surface area contributed by atoms with Gasteiger partial charge in [-0.2, -0.15) is 5.26 Å². The van der Waals surface area contributed by atoms with Crippen LogP contribution in [0.4, 0.5) is 0 Å². The first-order chi connectivity index (χ1) is 15.0. The number of hydrogen-bond acceptors (Lipinski definition) is 4. The molecule has 0 aliphatic carbocycles. The lowest BCUT2D eigenvalue weighted by atomic mass is 10.1. The van der Waals surface area contributed by atoms with Gasteiger partial charge in [-0.05, 0) is 68.0 Å². The fourth-order valence-electron chi connectivity index (χ4n) is 3.82. The van der Waals surface area contributed by atoms with Crippen molar-refractivity contribution < 1.29 is 9.53 Å². The summed E-state index contributed by atoms with van der Waals surface area (Å²) in [6.45, 7) is 4.50. The Morgan fingerprint density at radius 1 is 1.16 bits per heavy atom. The molecule has 0 unspecified atom stereocenters. The van der Waals surface area contributed by atoms with Crippen LogP contribution < -0.4 is 0 Å². The maximum absolute atomic E-state index is 11.7. The van der Waals surface area contributed by atoms with Crippen LogP contribution in [0.1, 0.15) is 27.3 Å². The monoisotopic (exact) mass is 410 g/mol. The summed E-state index contributed by atoms with van der Waals surface area (Å²) in [6.07, 6.45) is 3.69. The summed E-state index contributed by atoms with van der Waals surface area (Å²) in [4.78, 5) is 16.1. The molecule has 2 heterocycles. The van der Waals surface area contributed by atoms with Crippen LogP contribution in [0.2, 0.25) is 0 Å². The largest absolute Gasteiger partial charge is 0.465 e. The van der Waals surface area contributed by atoms with Crippen LogP contribution in [-0.4, -0.2) is 27.2 Å². The van der Waals surface area contributed by atoms with Crippen LogP contribution >= 0.6 is 0 Å². The van der Waals surface area contributed by atoms with Gasteiger partial charge in [0, 0.05) is 22.6 Å². The molecule has 0 aliphatic rings. The van der Waals surface area contributed by atoms with Crippen LogP contribution in [0.25, 0.3) is 22.8 Å². The number of aromatic nitrogens is 3. The zero-order valence-electron chi connectivity index (χ0n) is 17.7. The third-order valence-electron chi connectivity index (χ3n) is 5.36. The van der Waals surface area contributed by atoms with Crippen molar-refractivity contribution >= 4 is 23.1 Å². The zero-order valence-corrected chi connectivity index (χ0v) is 17.7. The maximum atomic E-state index is 11.7. The first kappa shape index (κ1) is 20.2. The number of benzene rings is 2. The number of allylic oxidation sites excluding steroid dienone is 1. The minimum absolute atomic E-state index is 0.359. The van der Waals surface area contributed by atoms with Gasteiger partial charge in [0.1, 0.15) is 0 Å². The number of aryl methyl sites for hydroxylation is 1. The number of rotatable bonds is 5. The number of esters is 1. The van der Waals surface area contributed by atoms with Crippen molar-refractivity contribution in [3.05, 3.63) is 89.0 Å². The smallest absolute Gasteiger partial charge is 0.337 e.